The zero-order valence-corrected chi connectivity index (χ0v) is 14.4. The van der Waals surface area contributed by atoms with Crippen LogP contribution in [-0.4, -0.2) is 34.8 Å². The third kappa shape index (κ3) is 4.80. The lowest BCUT2D eigenvalue weighted by atomic mass is 9.84. The summed E-state index contributed by atoms with van der Waals surface area (Å²) < 4.78 is 0. The fraction of sp³-hybridized carbons (Fsp3) is 0.688. The first-order valence-electron chi connectivity index (χ1n) is 7.96. The second-order valence-electron chi connectivity index (χ2n) is 6.41. The number of aryl methyl sites for hydroxylation is 1. The van der Waals surface area contributed by atoms with Gasteiger partial charge in [0.25, 0.3) is 0 Å². The molecule has 0 saturated heterocycles. The van der Waals surface area contributed by atoms with Gasteiger partial charge in [0.05, 0.1) is 12.2 Å². The molecule has 0 atom stereocenters. The number of nitrogens with zero attached hydrogens (tertiary/aromatic N) is 2. The first-order valence-corrected chi connectivity index (χ1v) is 8.84. The van der Waals surface area contributed by atoms with Gasteiger partial charge in [-0.05, 0) is 32.1 Å². The maximum Gasteiger partial charge on any atom is 0.245 e. The van der Waals surface area contributed by atoms with Crippen LogP contribution >= 0.6 is 11.3 Å². The molecular weight excluding hydrogens is 298 g/mol. The van der Waals surface area contributed by atoms with Crippen LogP contribution in [0.5, 0.6) is 0 Å². The molecule has 122 valence electrons. The Hall–Kier alpha value is -1.43. The number of hydrogen-bond donors (Lipinski definition) is 1. The van der Waals surface area contributed by atoms with Gasteiger partial charge in [-0.25, -0.2) is 4.98 Å². The number of thiazole rings is 1. The topological polar surface area (TPSA) is 62.3 Å². The molecule has 1 aromatic heterocycles. The Balaban J connectivity index is 1.91. The molecule has 1 heterocycles. The van der Waals surface area contributed by atoms with Crippen molar-refractivity contribution < 1.29 is 9.59 Å². The minimum Gasteiger partial charge on any atom is -0.333 e. The Morgan fingerprint density at radius 1 is 1.45 bits per heavy atom. The van der Waals surface area contributed by atoms with E-state index in [4.69, 9.17) is 0 Å². The van der Waals surface area contributed by atoms with E-state index in [1.54, 1.807) is 4.90 Å². The lowest BCUT2D eigenvalue weighted by molar-refractivity contribution is -0.140. The van der Waals surface area contributed by atoms with Gasteiger partial charge in [0.1, 0.15) is 0 Å². The van der Waals surface area contributed by atoms with Crippen LogP contribution in [0.4, 0.5) is 5.13 Å². The Labute approximate surface area is 136 Å². The maximum atomic E-state index is 12.5. The van der Waals surface area contributed by atoms with Crippen molar-refractivity contribution in [2.75, 3.05) is 18.4 Å². The number of hydrogen-bond acceptors (Lipinski definition) is 4. The molecule has 2 rings (SSSR count). The quantitative estimate of drug-likeness (QED) is 0.839. The summed E-state index contributed by atoms with van der Waals surface area (Å²) in [7, 11) is 0. The van der Waals surface area contributed by atoms with Gasteiger partial charge >= 0.3 is 0 Å². The summed E-state index contributed by atoms with van der Waals surface area (Å²) in [4.78, 5) is 30.6. The van der Waals surface area contributed by atoms with Crippen LogP contribution in [0.3, 0.4) is 0 Å². The highest BCUT2D eigenvalue weighted by molar-refractivity contribution is 7.13. The average molecular weight is 323 g/mol. The minimum atomic E-state index is -0.161. The molecular formula is C16H25N3O2S. The molecule has 1 saturated carbocycles. The van der Waals surface area contributed by atoms with Crippen LogP contribution in [-0.2, 0) is 9.59 Å². The van der Waals surface area contributed by atoms with Crippen LogP contribution in [0.25, 0.3) is 0 Å². The van der Waals surface area contributed by atoms with E-state index in [2.05, 4.69) is 24.1 Å². The number of rotatable bonds is 7. The van der Waals surface area contributed by atoms with Crippen molar-refractivity contribution >= 4 is 28.3 Å². The molecule has 5 nitrogen and oxygen atoms in total. The normalized spacial score (nSPS) is 14.7. The number of aromatic nitrogens is 1. The van der Waals surface area contributed by atoms with Gasteiger partial charge in [-0.3, -0.25) is 9.59 Å². The van der Waals surface area contributed by atoms with Gasteiger partial charge in [-0.15, -0.1) is 11.3 Å². The summed E-state index contributed by atoms with van der Waals surface area (Å²) in [5, 5.41) is 5.28. The summed E-state index contributed by atoms with van der Waals surface area (Å²) in [5.74, 6) is 0.617. The van der Waals surface area contributed by atoms with E-state index in [-0.39, 0.29) is 24.3 Å². The van der Waals surface area contributed by atoms with E-state index in [9.17, 15) is 9.59 Å². The molecule has 22 heavy (non-hydrogen) atoms. The van der Waals surface area contributed by atoms with Gasteiger partial charge in [-0.1, -0.05) is 20.3 Å². The predicted octanol–water partition coefficient (Wildman–Crippen LogP) is 3.06. The van der Waals surface area contributed by atoms with Crippen molar-refractivity contribution in [1.29, 1.82) is 0 Å². The fourth-order valence-electron chi connectivity index (χ4n) is 2.34. The third-order valence-electron chi connectivity index (χ3n) is 3.94. The van der Waals surface area contributed by atoms with Crippen LogP contribution < -0.4 is 5.32 Å². The Morgan fingerprint density at radius 3 is 2.68 bits per heavy atom. The van der Waals surface area contributed by atoms with Gasteiger partial charge in [0, 0.05) is 17.8 Å². The number of amides is 2. The van der Waals surface area contributed by atoms with Crippen molar-refractivity contribution in [2.24, 2.45) is 11.8 Å². The van der Waals surface area contributed by atoms with Gasteiger partial charge < -0.3 is 10.2 Å². The summed E-state index contributed by atoms with van der Waals surface area (Å²) >= 11 is 1.41. The SMILES string of the molecule is Cc1csc(NC(=O)CN(CCC(C)C)C(=O)C2CCC2)n1. The molecule has 1 fully saturated rings. The van der Waals surface area contributed by atoms with E-state index in [0.29, 0.717) is 17.6 Å². The zero-order valence-electron chi connectivity index (χ0n) is 13.6. The highest BCUT2D eigenvalue weighted by Crippen LogP contribution is 2.28. The van der Waals surface area contributed by atoms with Crippen LogP contribution in [0.2, 0.25) is 0 Å². The van der Waals surface area contributed by atoms with Gasteiger partial charge in [0.15, 0.2) is 5.13 Å². The Kier molecular flexibility index (Phi) is 5.94. The van der Waals surface area contributed by atoms with Crippen LogP contribution in [0.15, 0.2) is 5.38 Å². The van der Waals surface area contributed by atoms with Crippen molar-refractivity contribution in [2.45, 2.75) is 46.5 Å². The van der Waals surface area contributed by atoms with Crippen molar-refractivity contribution in [3.8, 4) is 0 Å². The molecule has 0 unspecified atom stereocenters. The Bertz CT molecular complexity index is 523. The molecule has 0 aliphatic heterocycles. The van der Waals surface area contributed by atoms with Crippen molar-refractivity contribution in [3.63, 3.8) is 0 Å². The van der Waals surface area contributed by atoms with Crippen LogP contribution in [0, 0.1) is 18.8 Å². The van der Waals surface area contributed by atoms with E-state index in [1.807, 2.05) is 12.3 Å². The molecule has 1 aliphatic carbocycles. The highest BCUT2D eigenvalue weighted by atomic mass is 32.1. The molecule has 1 N–H and O–H groups in total. The first kappa shape index (κ1) is 16.9. The van der Waals surface area contributed by atoms with Crippen molar-refractivity contribution in [3.05, 3.63) is 11.1 Å². The highest BCUT2D eigenvalue weighted by Gasteiger charge is 2.30. The van der Waals surface area contributed by atoms with E-state index < -0.39 is 0 Å². The van der Waals surface area contributed by atoms with E-state index in [0.717, 1.165) is 31.4 Å². The third-order valence-corrected chi connectivity index (χ3v) is 4.82. The predicted molar refractivity (Wildman–Crippen MR) is 88.9 cm³/mol. The fourth-order valence-corrected chi connectivity index (χ4v) is 3.04. The van der Waals surface area contributed by atoms with Gasteiger partial charge in [-0.2, -0.15) is 0 Å². The molecule has 0 bridgehead atoms. The minimum absolute atomic E-state index is 0.126. The lowest BCUT2D eigenvalue weighted by Gasteiger charge is -2.31. The summed E-state index contributed by atoms with van der Waals surface area (Å²) in [6.45, 7) is 6.92. The largest absolute Gasteiger partial charge is 0.333 e. The Morgan fingerprint density at radius 2 is 2.18 bits per heavy atom. The molecule has 0 radical (unpaired) electrons. The van der Waals surface area contributed by atoms with Crippen LogP contribution in [0.1, 0.15) is 45.2 Å². The average Bonchev–Trinajstić information content (AvgIpc) is 2.77. The second kappa shape index (κ2) is 7.72. The molecule has 0 spiro atoms. The second-order valence-corrected chi connectivity index (χ2v) is 7.27. The number of carbonyl (C=O) groups excluding carboxylic acids is 2. The number of anilines is 1. The zero-order chi connectivity index (χ0) is 16.1. The van der Waals surface area contributed by atoms with E-state index in [1.165, 1.54) is 11.3 Å². The molecule has 6 heteroatoms. The van der Waals surface area contributed by atoms with Gasteiger partial charge in [0.2, 0.25) is 11.8 Å². The molecule has 0 aromatic carbocycles. The smallest absolute Gasteiger partial charge is 0.245 e. The summed E-state index contributed by atoms with van der Waals surface area (Å²) in [6, 6.07) is 0. The molecule has 1 aliphatic rings. The summed E-state index contributed by atoms with van der Waals surface area (Å²) in [6.07, 6.45) is 3.97. The first-order chi connectivity index (χ1) is 10.5. The lowest BCUT2D eigenvalue weighted by Crippen LogP contribution is -2.43. The van der Waals surface area contributed by atoms with Crippen molar-refractivity contribution in [1.82, 2.24) is 9.88 Å². The number of nitrogens with one attached hydrogen (secondary N) is 1. The molecule has 1 aromatic rings. The number of carbonyl (C=O) groups is 2. The molecule has 2 amide bonds. The monoisotopic (exact) mass is 323 g/mol. The maximum absolute atomic E-state index is 12.5. The standard InChI is InChI=1S/C16H25N3O2S/c1-11(2)7-8-19(15(21)13-5-4-6-13)9-14(20)18-16-17-12(3)10-22-16/h10-11,13H,4-9H2,1-3H3,(H,17,18,20). The van der Waals surface area contributed by atoms with E-state index >= 15 is 0 Å². The summed E-state index contributed by atoms with van der Waals surface area (Å²) in [5.41, 5.74) is 0.891.